The van der Waals surface area contributed by atoms with Crippen LogP contribution in [0.15, 0.2) is 30.3 Å². The molecule has 3 heteroatoms. The summed E-state index contributed by atoms with van der Waals surface area (Å²) < 4.78 is 4.98. The van der Waals surface area contributed by atoms with Crippen LogP contribution in [0.25, 0.3) is 0 Å². The molecule has 1 aliphatic heterocycles. The van der Waals surface area contributed by atoms with Crippen LogP contribution in [0, 0.1) is 0 Å². The molecule has 3 nitrogen and oxygen atoms in total. The second-order valence-electron chi connectivity index (χ2n) is 4.84. The van der Waals surface area contributed by atoms with Crippen molar-refractivity contribution in [3.8, 4) is 0 Å². The Hall–Kier alpha value is -1.35. The molecule has 98 valence electrons. The highest BCUT2D eigenvalue weighted by molar-refractivity contribution is 5.70. The van der Waals surface area contributed by atoms with Crippen LogP contribution < -0.4 is 5.32 Å². The highest BCUT2D eigenvalue weighted by Crippen LogP contribution is 2.18. The minimum atomic E-state index is -0.0876. The van der Waals surface area contributed by atoms with Crippen LogP contribution in [0.4, 0.5) is 0 Å². The number of nitrogens with one attached hydrogen (secondary N) is 1. The zero-order valence-electron chi connectivity index (χ0n) is 10.9. The number of carbonyl (C=O) groups is 1. The summed E-state index contributed by atoms with van der Waals surface area (Å²) >= 11 is 0. The van der Waals surface area contributed by atoms with Crippen LogP contribution in [-0.2, 0) is 16.0 Å². The first kappa shape index (κ1) is 13.1. The van der Waals surface area contributed by atoms with Crippen molar-refractivity contribution in [2.45, 2.75) is 44.7 Å². The molecule has 1 saturated heterocycles. The van der Waals surface area contributed by atoms with Crippen LogP contribution >= 0.6 is 0 Å². The standard InChI is InChI=1S/C15H21NO2/c1-2-18-15(17)11-14-9-8-13(16-14)10-12-6-4-3-5-7-12/h3-7,13-14,16H,2,8-11H2,1H3. The summed E-state index contributed by atoms with van der Waals surface area (Å²) in [5, 5.41) is 3.53. The molecule has 1 N–H and O–H groups in total. The number of carbonyl (C=O) groups excluding carboxylic acids is 1. The van der Waals surface area contributed by atoms with Gasteiger partial charge in [0.1, 0.15) is 0 Å². The number of esters is 1. The lowest BCUT2D eigenvalue weighted by molar-refractivity contribution is -0.143. The van der Waals surface area contributed by atoms with Crippen molar-refractivity contribution in [1.29, 1.82) is 0 Å². The predicted octanol–water partition coefficient (Wildman–Crippen LogP) is 2.30. The van der Waals surface area contributed by atoms with Gasteiger partial charge in [-0.2, -0.15) is 0 Å². The normalized spacial score (nSPS) is 22.9. The van der Waals surface area contributed by atoms with Gasteiger partial charge in [0, 0.05) is 12.1 Å². The van der Waals surface area contributed by atoms with E-state index in [-0.39, 0.29) is 12.0 Å². The summed E-state index contributed by atoms with van der Waals surface area (Å²) in [4.78, 5) is 11.4. The Bertz CT molecular complexity index is 377. The first-order valence-corrected chi connectivity index (χ1v) is 6.73. The number of hydrogen-bond donors (Lipinski definition) is 1. The van der Waals surface area contributed by atoms with Crippen LogP contribution in [0.5, 0.6) is 0 Å². The van der Waals surface area contributed by atoms with Crippen LogP contribution in [-0.4, -0.2) is 24.7 Å². The fraction of sp³-hybridized carbons (Fsp3) is 0.533. The van der Waals surface area contributed by atoms with Gasteiger partial charge in [0.25, 0.3) is 0 Å². The van der Waals surface area contributed by atoms with E-state index >= 15 is 0 Å². The first-order valence-electron chi connectivity index (χ1n) is 6.73. The Labute approximate surface area is 109 Å². The van der Waals surface area contributed by atoms with Gasteiger partial charge in [0.05, 0.1) is 13.0 Å². The molecule has 2 atom stereocenters. The van der Waals surface area contributed by atoms with Gasteiger partial charge in [-0.3, -0.25) is 4.79 Å². The number of ether oxygens (including phenoxy) is 1. The van der Waals surface area contributed by atoms with Crippen molar-refractivity contribution in [2.24, 2.45) is 0 Å². The van der Waals surface area contributed by atoms with Crippen molar-refractivity contribution in [1.82, 2.24) is 5.32 Å². The maximum Gasteiger partial charge on any atom is 0.307 e. The van der Waals surface area contributed by atoms with Gasteiger partial charge < -0.3 is 10.1 Å². The van der Waals surface area contributed by atoms with Crippen LogP contribution in [0.1, 0.15) is 31.7 Å². The lowest BCUT2D eigenvalue weighted by Gasteiger charge is -2.13. The van der Waals surface area contributed by atoms with Crippen molar-refractivity contribution < 1.29 is 9.53 Å². The van der Waals surface area contributed by atoms with Crippen molar-refractivity contribution in [3.05, 3.63) is 35.9 Å². The molecule has 0 spiro atoms. The minimum Gasteiger partial charge on any atom is -0.466 e. The average molecular weight is 247 g/mol. The smallest absolute Gasteiger partial charge is 0.307 e. The quantitative estimate of drug-likeness (QED) is 0.811. The molecular weight excluding hydrogens is 226 g/mol. The van der Waals surface area contributed by atoms with Gasteiger partial charge in [-0.25, -0.2) is 0 Å². The van der Waals surface area contributed by atoms with Crippen molar-refractivity contribution in [3.63, 3.8) is 0 Å². The van der Waals surface area contributed by atoms with E-state index in [1.807, 2.05) is 13.0 Å². The zero-order valence-corrected chi connectivity index (χ0v) is 10.9. The van der Waals surface area contributed by atoms with E-state index in [2.05, 4.69) is 29.6 Å². The molecule has 1 aromatic carbocycles. The zero-order chi connectivity index (χ0) is 12.8. The SMILES string of the molecule is CCOC(=O)CC1CCC(Cc2ccccc2)N1. The highest BCUT2D eigenvalue weighted by atomic mass is 16.5. The summed E-state index contributed by atoms with van der Waals surface area (Å²) in [6, 6.07) is 11.3. The highest BCUT2D eigenvalue weighted by Gasteiger charge is 2.25. The molecule has 0 amide bonds. The third-order valence-corrected chi connectivity index (χ3v) is 3.38. The first-order chi connectivity index (χ1) is 8.78. The molecule has 1 heterocycles. The molecule has 0 bridgehead atoms. The van der Waals surface area contributed by atoms with Crippen LogP contribution in [0.3, 0.4) is 0 Å². The predicted molar refractivity (Wildman–Crippen MR) is 71.3 cm³/mol. The van der Waals surface area contributed by atoms with E-state index in [4.69, 9.17) is 4.74 Å². The molecule has 0 aromatic heterocycles. The van der Waals surface area contributed by atoms with E-state index in [1.54, 1.807) is 0 Å². The largest absolute Gasteiger partial charge is 0.466 e. The Morgan fingerprint density at radius 3 is 2.72 bits per heavy atom. The minimum absolute atomic E-state index is 0.0876. The summed E-state index contributed by atoms with van der Waals surface area (Å²) in [6.07, 6.45) is 3.74. The fourth-order valence-corrected chi connectivity index (χ4v) is 2.54. The van der Waals surface area contributed by atoms with E-state index in [9.17, 15) is 4.79 Å². The molecule has 2 unspecified atom stereocenters. The third kappa shape index (κ3) is 3.84. The molecule has 0 saturated carbocycles. The van der Waals surface area contributed by atoms with Crippen LogP contribution in [0.2, 0.25) is 0 Å². The van der Waals surface area contributed by atoms with Gasteiger partial charge in [0.2, 0.25) is 0 Å². The van der Waals surface area contributed by atoms with Crippen molar-refractivity contribution in [2.75, 3.05) is 6.61 Å². The van der Waals surface area contributed by atoms with Gasteiger partial charge in [0.15, 0.2) is 0 Å². The van der Waals surface area contributed by atoms with Gasteiger partial charge in [-0.05, 0) is 31.7 Å². The number of rotatable bonds is 5. The molecular formula is C15H21NO2. The summed E-state index contributed by atoms with van der Waals surface area (Å²) in [6.45, 7) is 2.32. The summed E-state index contributed by atoms with van der Waals surface area (Å²) in [7, 11) is 0. The topological polar surface area (TPSA) is 38.3 Å². The third-order valence-electron chi connectivity index (χ3n) is 3.38. The molecule has 2 rings (SSSR count). The van der Waals surface area contributed by atoms with E-state index in [0.29, 0.717) is 19.1 Å². The van der Waals surface area contributed by atoms with E-state index in [1.165, 1.54) is 5.56 Å². The molecule has 1 fully saturated rings. The Balaban J connectivity index is 1.76. The molecule has 0 radical (unpaired) electrons. The maximum absolute atomic E-state index is 11.4. The molecule has 0 aliphatic carbocycles. The van der Waals surface area contributed by atoms with Gasteiger partial charge >= 0.3 is 5.97 Å². The Morgan fingerprint density at radius 1 is 1.28 bits per heavy atom. The second kappa shape index (κ2) is 6.55. The maximum atomic E-state index is 11.4. The lowest BCUT2D eigenvalue weighted by atomic mass is 10.0. The Morgan fingerprint density at radius 2 is 2.00 bits per heavy atom. The Kier molecular flexibility index (Phi) is 4.76. The van der Waals surface area contributed by atoms with Crippen molar-refractivity contribution >= 4 is 5.97 Å². The van der Waals surface area contributed by atoms with Gasteiger partial charge in [-0.15, -0.1) is 0 Å². The summed E-state index contributed by atoms with van der Waals surface area (Å²) in [5.41, 5.74) is 1.35. The van der Waals surface area contributed by atoms with E-state index in [0.717, 1.165) is 19.3 Å². The average Bonchev–Trinajstić information content (AvgIpc) is 2.78. The fourth-order valence-electron chi connectivity index (χ4n) is 2.54. The molecule has 1 aromatic rings. The number of benzene rings is 1. The second-order valence-corrected chi connectivity index (χ2v) is 4.84. The lowest BCUT2D eigenvalue weighted by Crippen LogP contribution is -2.32. The monoisotopic (exact) mass is 247 g/mol. The number of hydrogen-bond acceptors (Lipinski definition) is 3. The van der Waals surface area contributed by atoms with E-state index < -0.39 is 0 Å². The molecule has 18 heavy (non-hydrogen) atoms. The van der Waals surface area contributed by atoms with Gasteiger partial charge in [-0.1, -0.05) is 30.3 Å². The molecule has 1 aliphatic rings. The summed E-state index contributed by atoms with van der Waals surface area (Å²) in [5.74, 6) is -0.0876.